The quantitative estimate of drug-likeness (QED) is 0.421. The average molecular weight is 475 g/mol. The molecule has 2 aromatic carbocycles. The minimum absolute atomic E-state index is 0.199. The second-order valence-corrected chi connectivity index (χ2v) is 10.5. The number of rotatable bonds is 6. The van der Waals surface area contributed by atoms with Gasteiger partial charge in [-0.05, 0) is 32.0 Å². The SMILES string of the molecule is CCOc1ccc2nc(S(=O)(=O)NC(=O)Nc3sc(C)nc3-c3ccccc3)sc2c1. The molecule has 0 bridgehead atoms. The zero-order chi connectivity index (χ0) is 22.0. The van der Waals surface area contributed by atoms with Crippen LogP contribution in [-0.4, -0.2) is 31.0 Å². The van der Waals surface area contributed by atoms with Crippen LogP contribution in [-0.2, 0) is 10.0 Å². The number of carbonyl (C=O) groups excluding carboxylic acids is 1. The molecule has 0 aliphatic carbocycles. The first-order valence-corrected chi connectivity index (χ1v) is 12.4. The van der Waals surface area contributed by atoms with E-state index in [1.807, 2.05) is 48.9 Å². The molecule has 0 spiro atoms. The number of nitrogens with one attached hydrogen (secondary N) is 2. The van der Waals surface area contributed by atoms with E-state index in [4.69, 9.17) is 4.74 Å². The van der Waals surface area contributed by atoms with E-state index in [1.54, 1.807) is 18.2 Å². The number of amides is 2. The van der Waals surface area contributed by atoms with Crippen LogP contribution >= 0.6 is 22.7 Å². The van der Waals surface area contributed by atoms with Gasteiger partial charge >= 0.3 is 6.03 Å². The number of urea groups is 1. The van der Waals surface area contributed by atoms with Crippen LogP contribution in [0.5, 0.6) is 5.75 Å². The van der Waals surface area contributed by atoms with Gasteiger partial charge in [0.1, 0.15) is 16.4 Å². The van der Waals surface area contributed by atoms with Gasteiger partial charge in [-0.15, -0.1) is 22.7 Å². The van der Waals surface area contributed by atoms with Crippen molar-refractivity contribution in [1.29, 1.82) is 0 Å². The van der Waals surface area contributed by atoms with Crippen molar-refractivity contribution in [3.05, 3.63) is 53.5 Å². The smallest absolute Gasteiger partial charge is 0.333 e. The highest BCUT2D eigenvalue weighted by atomic mass is 32.2. The summed E-state index contributed by atoms with van der Waals surface area (Å²) in [5.74, 6) is 0.627. The summed E-state index contributed by atoms with van der Waals surface area (Å²) < 4.78 is 33.3. The molecular weight excluding hydrogens is 456 g/mol. The number of fused-ring (bicyclic) bond motifs is 1. The van der Waals surface area contributed by atoms with Crippen molar-refractivity contribution < 1.29 is 17.9 Å². The van der Waals surface area contributed by atoms with E-state index < -0.39 is 16.1 Å². The molecular formula is C20H18N4O4S3. The summed E-state index contributed by atoms with van der Waals surface area (Å²) >= 11 is 2.23. The fraction of sp³-hybridized carbons (Fsp3) is 0.150. The fourth-order valence-corrected chi connectivity index (χ4v) is 5.85. The predicted octanol–water partition coefficient (Wildman–Crippen LogP) is 4.64. The Hall–Kier alpha value is -3.02. The molecule has 8 nitrogen and oxygen atoms in total. The van der Waals surface area contributed by atoms with Crippen LogP contribution < -0.4 is 14.8 Å². The molecule has 4 aromatic rings. The molecule has 2 amide bonds. The van der Waals surface area contributed by atoms with E-state index in [1.165, 1.54) is 11.3 Å². The maximum absolute atomic E-state index is 12.7. The number of nitrogens with zero attached hydrogens (tertiary/aromatic N) is 2. The molecule has 0 saturated heterocycles. The second-order valence-electron chi connectivity index (χ2n) is 6.38. The molecule has 0 aliphatic heterocycles. The maximum Gasteiger partial charge on any atom is 0.333 e. The van der Waals surface area contributed by atoms with E-state index >= 15 is 0 Å². The van der Waals surface area contributed by atoms with Crippen LogP contribution in [0.25, 0.3) is 21.5 Å². The van der Waals surface area contributed by atoms with Crippen LogP contribution in [0.4, 0.5) is 9.80 Å². The number of aryl methyl sites for hydroxylation is 1. The van der Waals surface area contributed by atoms with Crippen molar-refractivity contribution >= 4 is 53.9 Å². The zero-order valence-electron chi connectivity index (χ0n) is 16.6. The minimum Gasteiger partial charge on any atom is -0.494 e. The van der Waals surface area contributed by atoms with E-state index in [9.17, 15) is 13.2 Å². The lowest BCUT2D eigenvalue weighted by molar-refractivity contribution is 0.256. The Bertz CT molecular complexity index is 1350. The van der Waals surface area contributed by atoms with Gasteiger partial charge in [0.2, 0.25) is 4.34 Å². The highest BCUT2D eigenvalue weighted by Gasteiger charge is 2.24. The largest absolute Gasteiger partial charge is 0.494 e. The third kappa shape index (κ3) is 4.68. The maximum atomic E-state index is 12.7. The van der Waals surface area contributed by atoms with Gasteiger partial charge in [0.15, 0.2) is 0 Å². The number of carbonyl (C=O) groups is 1. The molecule has 2 aromatic heterocycles. The first kappa shape index (κ1) is 21.2. The Morgan fingerprint density at radius 2 is 1.87 bits per heavy atom. The number of ether oxygens (including phenoxy) is 1. The highest BCUT2D eigenvalue weighted by Crippen LogP contribution is 2.33. The van der Waals surface area contributed by atoms with Gasteiger partial charge in [-0.25, -0.2) is 19.5 Å². The van der Waals surface area contributed by atoms with Crippen molar-refractivity contribution in [1.82, 2.24) is 14.7 Å². The molecule has 2 heterocycles. The Morgan fingerprint density at radius 3 is 2.61 bits per heavy atom. The Kier molecular flexibility index (Phi) is 5.90. The molecule has 11 heteroatoms. The van der Waals surface area contributed by atoms with Crippen LogP contribution in [0.3, 0.4) is 0 Å². The fourth-order valence-electron chi connectivity index (χ4n) is 2.85. The van der Waals surface area contributed by atoms with Crippen molar-refractivity contribution in [2.24, 2.45) is 0 Å². The van der Waals surface area contributed by atoms with Crippen LogP contribution in [0.1, 0.15) is 11.9 Å². The summed E-state index contributed by atoms with van der Waals surface area (Å²) in [6.07, 6.45) is 0. The van der Waals surface area contributed by atoms with Crippen molar-refractivity contribution in [3.8, 4) is 17.0 Å². The topological polar surface area (TPSA) is 110 Å². The Morgan fingerprint density at radius 1 is 1.10 bits per heavy atom. The Balaban J connectivity index is 1.54. The number of hydrogen-bond acceptors (Lipinski definition) is 8. The molecule has 0 saturated carbocycles. The van der Waals surface area contributed by atoms with Gasteiger partial charge in [0, 0.05) is 5.56 Å². The molecule has 4 rings (SSSR count). The molecule has 0 aliphatic rings. The molecule has 0 radical (unpaired) electrons. The standard InChI is InChI=1S/C20H18N4O4S3/c1-3-28-14-9-10-15-16(11-14)30-20(22-15)31(26,27)24-19(25)23-18-17(21-12(2)29-18)13-7-5-4-6-8-13/h4-11H,3H2,1-2H3,(H2,23,24,25). The molecule has 31 heavy (non-hydrogen) atoms. The monoisotopic (exact) mass is 474 g/mol. The van der Waals surface area contributed by atoms with Crippen LogP contribution in [0, 0.1) is 6.92 Å². The van der Waals surface area contributed by atoms with Crippen molar-refractivity contribution in [3.63, 3.8) is 0 Å². The number of sulfonamides is 1. The van der Waals surface area contributed by atoms with E-state index in [0.29, 0.717) is 33.3 Å². The first-order chi connectivity index (χ1) is 14.9. The van der Waals surface area contributed by atoms with Crippen LogP contribution in [0.15, 0.2) is 52.9 Å². The van der Waals surface area contributed by atoms with E-state index in [2.05, 4.69) is 15.3 Å². The molecule has 160 valence electrons. The molecule has 0 atom stereocenters. The van der Waals surface area contributed by atoms with Crippen molar-refractivity contribution in [2.75, 3.05) is 11.9 Å². The number of aromatic nitrogens is 2. The van der Waals surface area contributed by atoms with Gasteiger partial charge in [-0.3, -0.25) is 5.32 Å². The lowest BCUT2D eigenvalue weighted by Crippen LogP contribution is -2.34. The molecule has 2 N–H and O–H groups in total. The highest BCUT2D eigenvalue weighted by molar-refractivity contribution is 7.92. The number of anilines is 1. The second kappa shape index (κ2) is 8.61. The third-order valence-corrected chi connectivity index (χ3v) is 7.73. The third-order valence-electron chi connectivity index (χ3n) is 4.12. The summed E-state index contributed by atoms with van der Waals surface area (Å²) in [6.45, 7) is 4.18. The normalized spacial score (nSPS) is 11.4. The van der Waals surface area contributed by atoms with E-state index in [-0.39, 0.29) is 4.34 Å². The minimum atomic E-state index is -4.15. The van der Waals surface area contributed by atoms with Crippen molar-refractivity contribution in [2.45, 2.75) is 18.2 Å². The van der Waals surface area contributed by atoms with Gasteiger partial charge < -0.3 is 4.74 Å². The summed E-state index contributed by atoms with van der Waals surface area (Å²) in [4.78, 5) is 21.1. The Labute approximate surface area is 187 Å². The predicted molar refractivity (Wildman–Crippen MR) is 122 cm³/mol. The summed E-state index contributed by atoms with van der Waals surface area (Å²) in [5.41, 5.74) is 1.92. The number of benzene rings is 2. The number of thiazole rings is 2. The summed E-state index contributed by atoms with van der Waals surface area (Å²) in [5, 5.41) is 3.80. The first-order valence-electron chi connectivity index (χ1n) is 9.26. The summed E-state index contributed by atoms with van der Waals surface area (Å²) in [7, 11) is -4.15. The average Bonchev–Trinajstić information content (AvgIpc) is 3.32. The van der Waals surface area contributed by atoms with Gasteiger partial charge in [0.25, 0.3) is 10.0 Å². The molecule has 0 unspecified atom stereocenters. The molecule has 0 fully saturated rings. The van der Waals surface area contributed by atoms with Gasteiger partial charge in [0.05, 0.1) is 21.8 Å². The zero-order valence-corrected chi connectivity index (χ0v) is 19.0. The lowest BCUT2D eigenvalue weighted by Gasteiger charge is -2.07. The van der Waals surface area contributed by atoms with Gasteiger partial charge in [-0.1, -0.05) is 30.3 Å². The number of hydrogen-bond donors (Lipinski definition) is 2. The summed E-state index contributed by atoms with van der Waals surface area (Å²) in [6, 6.07) is 13.6. The van der Waals surface area contributed by atoms with Crippen LogP contribution in [0.2, 0.25) is 0 Å². The van der Waals surface area contributed by atoms with E-state index in [0.717, 1.165) is 21.9 Å². The lowest BCUT2D eigenvalue weighted by atomic mass is 10.2. The van der Waals surface area contributed by atoms with Gasteiger partial charge in [-0.2, -0.15) is 8.42 Å².